The van der Waals surface area contributed by atoms with Gasteiger partial charge in [-0.25, -0.2) is 0 Å². The molecule has 24 heavy (non-hydrogen) atoms. The van der Waals surface area contributed by atoms with Crippen LogP contribution in [-0.2, 0) is 14.3 Å². The van der Waals surface area contributed by atoms with Crippen LogP contribution >= 0.6 is 11.6 Å². The van der Waals surface area contributed by atoms with Crippen molar-refractivity contribution in [1.29, 1.82) is 0 Å². The molecular formula is C18H24ClNO4. The Labute approximate surface area is 147 Å². The summed E-state index contributed by atoms with van der Waals surface area (Å²) in [4.78, 5) is 23.8. The molecule has 2 unspecified atom stereocenters. The lowest BCUT2D eigenvalue weighted by Crippen LogP contribution is -2.38. The number of nitrogens with one attached hydrogen (secondary N) is 1. The Balaban J connectivity index is 1.72. The standard InChI is InChI=1S/C18H24ClNO4/c1-23-18(22)14-7-3-2-6-13(14)12-20-17(21)10-11-24-16-9-5-4-8-15(16)19/h4-5,8-9,13-14H,2-3,6-7,10-12H2,1H3,(H,20,21). The van der Waals surface area contributed by atoms with E-state index in [4.69, 9.17) is 21.1 Å². The van der Waals surface area contributed by atoms with Gasteiger partial charge < -0.3 is 14.8 Å². The molecule has 6 heteroatoms. The molecule has 1 aliphatic carbocycles. The molecule has 132 valence electrons. The van der Waals surface area contributed by atoms with Gasteiger partial charge >= 0.3 is 5.97 Å². The van der Waals surface area contributed by atoms with Gasteiger partial charge in [0.25, 0.3) is 0 Å². The third kappa shape index (κ3) is 5.41. The minimum absolute atomic E-state index is 0.0868. The Kier molecular flexibility index (Phi) is 7.37. The van der Waals surface area contributed by atoms with E-state index in [0.717, 1.165) is 25.7 Å². The molecule has 0 radical (unpaired) electrons. The fourth-order valence-corrected chi connectivity index (χ4v) is 3.25. The molecule has 1 aliphatic rings. The first kappa shape index (κ1) is 18.6. The van der Waals surface area contributed by atoms with Gasteiger partial charge in [0.1, 0.15) is 5.75 Å². The highest BCUT2D eigenvalue weighted by atomic mass is 35.5. The predicted molar refractivity (Wildman–Crippen MR) is 92.0 cm³/mol. The van der Waals surface area contributed by atoms with E-state index in [1.54, 1.807) is 12.1 Å². The molecule has 2 atom stereocenters. The van der Waals surface area contributed by atoms with Gasteiger partial charge in [-0.15, -0.1) is 0 Å². The highest BCUT2D eigenvalue weighted by Crippen LogP contribution is 2.30. The number of benzene rings is 1. The van der Waals surface area contributed by atoms with E-state index in [1.807, 2.05) is 12.1 Å². The second-order valence-corrected chi connectivity index (χ2v) is 6.41. The van der Waals surface area contributed by atoms with Crippen molar-refractivity contribution in [3.05, 3.63) is 29.3 Å². The molecule has 0 aromatic heterocycles. The van der Waals surface area contributed by atoms with E-state index in [-0.39, 0.29) is 36.7 Å². The summed E-state index contributed by atoms with van der Waals surface area (Å²) in [6.45, 7) is 0.769. The summed E-state index contributed by atoms with van der Waals surface area (Å²) >= 11 is 5.99. The summed E-state index contributed by atoms with van der Waals surface area (Å²) < 4.78 is 10.4. The van der Waals surface area contributed by atoms with Crippen LogP contribution in [0, 0.1) is 11.8 Å². The quantitative estimate of drug-likeness (QED) is 0.764. The Hall–Kier alpha value is -1.75. The highest BCUT2D eigenvalue weighted by molar-refractivity contribution is 6.32. The summed E-state index contributed by atoms with van der Waals surface area (Å²) in [5, 5.41) is 3.43. The number of para-hydroxylation sites is 1. The van der Waals surface area contributed by atoms with Crippen LogP contribution in [0.25, 0.3) is 0 Å². The van der Waals surface area contributed by atoms with Crippen molar-refractivity contribution in [2.45, 2.75) is 32.1 Å². The van der Waals surface area contributed by atoms with Gasteiger partial charge in [0, 0.05) is 6.54 Å². The first-order valence-electron chi connectivity index (χ1n) is 8.33. The zero-order chi connectivity index (χ0) is 17.4. The van der Waals surface area contributed by atoms with Crippen molar-refractivity contribution >= 4 is 23.5 Å². The normalized spacial score (nSPS) is 20.2. The first-order valence-corrected chi connectivity index (χ1v) is 8.71. The summed E-state index contributed by atoms with van der Waals surface area (Å²) in [5.41, 5.74) is 0. The highest BCUT2D eigenvalue weighted by Gasteiger charge is 2.31. The summed E-state index contributed by atoms with van der Waals surface area (Å²) in [5.74, 6) is 0.361. The SMILES string of the molecule is COC(=O)C1CCCCC1CNC(=O)CCOc1ccccc1Cl. The zero-order valence-electron chi connectivity index (χ0n) is 13.9. The largest absolute Gasteiger partial charge is 0.491 e. The van der Waals surface area contributed by atoms with Crippen molar-refractivity contribution in [2.75, 3.05) is 20.3 Å². The molecule has 1 saturated carbocycles. The number of halogens is 1. The number of hydrogen-bond acceptors (Lipinski definition) is 4. The molecule has 0 spiro atoms. The molecule has 1 aromatic carbocycles. The monoisotopic (exact) mass is 353 g/mol. The van der Waals surface area contributed by atoms with E-state index in [9.17, 15) is 9.59 Å². The molecule has 0 bridgehead atoms. The smallest absolute Gasteiger partial charge is 0.309 e. The van der Waals surface area contributed by atoms with Crippen molar-refractivity contribution in [3.63, 3.8) is 0 Å². The lowest BCUT2D eigenvalue weighted by atomic mass is 9.79. The molecule has 1 aromatic rings. The summed E-state index contributed by atoms with van der Waals surface area (Å²) in [6.07, 6.45) is 4.15. The number of amides is 1. The maximum atomic E-state index is 12.0. The van der Waals surface area contributed by atoms with E-state index in [1.165, 1.54) is 7.11 Å². The van der Waals surface area contributed by atoms with Crippen LogP contribution < -0.4 is 10.1 Å². The number of methoxy groups -OCH3 is 1. The minimum atomic E-state index is -0.170. The number of rotatable bonds is 7. The van der Waals surface area contributed by atoms with Crippen molar-refractivity contribution in [1.82, 2.24) is 5.32 Å². The van der Waals surface area contributed by atoms with Crippen LogP contribution in [0.3, 0.4) is 0 Å². The maximum absolute atomic E-state index is 12.0. The molecule has 5 nitrogen and oxygen atoms in total. The van der Waals surface area contributed by atoms with Crippen molar-refractivity contribution in [2.24, 2.45) is 11.8 Å². The molecule has 0 aliphatic heterocycles. The minimum Gasteiger partial charge on any atom is -0.491 e. The van der Waals surface area contributed by atoms with Gasteiger partial charge in [-0.1, -0.05) is 36.6 Å². The number of ether oxygens (including phenoxy) is 2. The Morgan fingerprint density at radius 2 is 2.00 bits per heavy atom. The van der Waals surface area contributed by atoms with Crippen LogP contribution in [0.15, 0.2) is 24.3 Å². The van der Waals surface area contributed by atoms with Gasteiger partial charge in [-0.05, 0) is 30.9 Å². The number of carbonyl (C=O) groups is 2. The molecular weight excluding hydrogens is 330 g/mol. The Morgan fingerprint density at radius 3 is 2.75 bits per heavy atom. The zero-order valence-corrected chi connectivity index (χ0v) is 14.7. The molecule has 1 fully saturated rings. The van der Waals surface area contributed by atoms with E-state index >= 15 is 0 Å². The van der Waals surface area contributed by atoms with E-state index < -0.39 is 0 Å². The lowest BCUT2D eigenvalue weighted by Gasteiger charge is -2.29. The van der Waals surface area contributed by atoms with Gasteiger partial charge in [0.2, 0.25) is 5.91 Å². The first-order chi connectivity index (χ1) is 11.6. The van der Waals surface area contributed by atoms with Gasteiger partial charge in [0.15, 0.2) is 0 Å². The predicted octanol–water partition coefficient (Wildman–Crippen LogP) is 3.20. The Morgan fingerprint density at radius 1 is 1.25 bits per heavy atom. The van der Waals surface area contributed by atoms with Gasteiger partial charge in [0.05, 0.1) is 31.1 Å². The third-order valence-corrected chi connectivity index (χ3v) is 4.71. The maximum Gasteiger partial charge on any atom is 0.309 e. The van der Waals surface area contributed by atoms with Crippen LogP contribution in [0.4, 0.5) is 0 Å². The van der Waals surface area contributed by atoms with E-state index in [2.05, 4.69) is 5.32 Å². The van der Waals surface area contributed by atoms with E-state index in [0.29, 0.717) is 17.3 Å². The molecule has 1 N–H and O–H groups in total. The molecule has 0 saturated heterocycles. The van der Waals surface area contributed by atoms with Crippen LogP contribution in [0.5, 0.6) is 5.75 Å². The fraction of sp³-hybridized carbons (Fsp3) is 0.556. The van der Waals surface area contributed by atoms with Crippen LogP contribution in [0.2, 0.25) is 5.02 Å². The number of carbonyl (C=O) groups excluding carboxylic acids is 2. The summed E-state index contributed by atoms with van der Waals surface area (Å²) in [6, 6.07) is 7.16. The van der Waals surface area contributed by atoms with Crippen LogP contribution in [-0.4, -0.2) is 32.1 Å². The second kappa shape index (κ2) is 9.52. The van der Waals surface area contributed by atoms with Gasteiger partial charge in [-0.2, -0.15) is 0 Å². The number of hydrogen-bond donors (Lipinski definition) is 1. The third-order valence-electron chi connectivity index (χ3n) is 4.40. The lowest BCUT2D eigenvalue weighted by molar-refractivity contribution is -0.148. The molecule has 1 amide bonds. The average Bonchev–Trinajstić information content (AvgIpc) is 2.61. The molecule has 2 rings (SSSR count). The summed E-state index contributed by atoms with van der Waals surface area (Å²) in [7, 11) is 1.42. The topological polar surface area (TPSA) is 64.6 Å². The van der Waals surface area contributed by atoms with Gasteiger partial charge in [-0.3, -0.25) is 9.59 Å². The van der Waals surface area contributed by atoms with Crippen LogP contribution in [0.1, 0.15) is 32.1 Å². The fourth-order valence-electron chi connectivity index (χ4n) is 3.06. The molecule has 0 heterocycles. The van der Waals surface area contributed by atoms with Crippen molar-refractivity contribution < 1.29 is 19.1 Å². The second-order valence-electron chi connectivity index (χ2n) is 6.01. The average molecular weight is 354 g/mol. The van der Waals surface area contributed by atoms with Crippen molar-refractivity contribution in [3.8, 4) is 5.75 Å². The Bertz CT molecular complexity index is 564. The number of esters is 1.